The van der Waals surface area contributed by atoms with E-state index < -0.39 is 6.04 Å². The molecule has 2 heterocycles. The number of ether oxygens (including phenoxy) is 1. The predicted molar refractivity (Wildman–Crippen MR) is 135 cm³/mol. The van der Waals surface area contributed by atoms with Gasteiger partial charge in [-0.1, -0.05) is 72.8 Å². The summed E-state index contributed by atoms with van der Waals surface area (Å²) >= 11 is 1.63. The molecule has 1 aliphatic heterocycles. The zero-order chi connectivity index (χ0) is 22.6. The molecule has 0 unspecified atom stereocenters. The van der Waals surface area contributed by atoms with E-state index in [0.717, 1.165) is 38.7 Å². The Balaban J connectivity index is 1.58. The molecule has 0 radical (unpaired) electrons. The van der Waals surface area contributed by atoms with Crippen LogP contribution >= 0.6 is 11.3 Å². The van der Waals surface area contributed by atoms with E-state index in [-0.39, 0.29) is 5.91 Å². The van der Waals surface area contributed by atoms with Crippen LogP contribution in [0.15, 0.2) is 101 Å². The van der Waals surface area contributed by atoms with E-state index in [1.807, 2.05) is 77.0 Å². The molecule has 1 aromatic heterocycles. The lowest BCUT2D eigenvalue weighted by Gasteiger charge is -2.24. The minimum atomic E-state index is -0.500. The molecular weight excluding hydrogens is 428 g/mol. The Hall–Kier alpha value is -3.70. The third-order valence-electron chi connectivity index (χ3n) is 5.81. The molecule has 5 rings (SSSR count). The smallest absolute Gasteiger partial charge is 0.252 e. The summed E-state index contributed by atoms with van der Waals surface area (Å²) in [6.45, 7) is 0.482. The molecule has 1 aliphatic rings. The second-order valence-electron chi connectivity index (χ2n) is 7.96. The largest absolute Gasteiger partial charge is 0.497 e. The number of carbonyl (C=O) groups is 1. The van der Waals surface area contributed by atoms with Crippen molar-refractivity contribution in [1.82, 2.24) is 0 Å². The number of fused-ring (bicyclic) bond motifs is 1. The van der Waals surface area contributed by atoms with Crippen molar-refractivity contribution < 1.29 is 9.53 Å². The number of benzene rings is 3. The van der Waals surface area contributed by atoms with Gasteiger partial charge < -0.3 is 9.64 Å². The second kappa shape index (κ2) is 9.43. The molecule has 0 bridgehead atoms. The van der Waals surface area contributed by atoms with Crippen LogP contribution in [0.1, 0.15) is 21.6 Å². The Bertz CT molecular complexity index is 1260. The van der Waals surface area contributed by atoms with Gasteiger partial charge in [0, 0.05) is 12.0 Å². The molecule has 33 heavy (non-hydrogen) atoms. The lowest BCUT2D eigenvalue weighted by molar-refractivity contribution is -0.119. The van der Waals surface area contributed by atoms with E-state index in [1.165, 1.54) is 0 Å². The van der Waals surface area contributed by atoms with Crippen LogP contribution < -0.4 is 9.64 Å². The highest BCUT2D eigenvalue weighted by Crippen LogP contribution is 2.34. The van der Waals surface area contributed by atoms with Crippen molar-refractivity contribution in [3.63, 3.8) is 0 Å². The van der Waals surface area contributed by atoms with Gasteiger partial charge in [0.25, 0.3) is 5.91 Å². The van der Waals surface area contributed by atoms with Crippen LogP contribution in [-0.4, -0.2) is 24.8 Å². The second-order valence-corrected chi connectivity index (χ2v) is 8.87. The van der Waals surface area contributed by atoms with Gasteiger partial charge in [-0.25, -0.2) is 0 Å². The predicted octanol–water partition coefficient (Wildman–Crippen LogP) is 5.75. The van der Waals surface area contributed by atoms with Crippen LogP contribution in [0.4, 0.5) is 5.69 Å². The molecule has 4 nitrogen and oxygen atoms in total. The maximum atomic E-state index is 13.9. The van der Waals surface area contributed by atoms with Crippen molar-refractivity contribution in [3.8, 4) is 5.75 Å². The van der Waals surface area contributed by atoms with E-state index in [1.54, 1.807) is 18.4 Å². The summed E-state index contributed by atoms with van der Waals surface area (Å²) in [5, 5.41) is 2.04. The number of hydrogen-bond donors (Lipinski definition) is 0. The van der Waals surface area contributed by atoms with Crippen molar-refractivity contribution in [2.45, 2.75) is 19.0 Å². The van der Waals surface area contributed by atoms with Gasteiger partial charge in [-0.05, 0) is 34.7 Å². The van der Waals surface area contributed by atoms with Gasteiger partial charge in [0.2, 0.25) is 0 Å². The average Bonchev–Trinajstić information content (AvgIpc) is 3.32. The Morgan fingerprint density at radius 3 is 2.27 bits per heavy atom. The fourth-order valence-corrected chi connectivity index (χ4v) is 5.02. The van der Waals surface area contributed by atoms with Crippen molar-refractivity contribution in [2.24, 2.45) is 4.99 Å². The summed E-state index contributed by atoms with van der Waals surface area (Å²) in [7, 11) is 1.65. The SMILES string of the molecule is COc1ccc(CN2C(=O)[C@H](Cc3ccccc3)N=C(c3ccccc3)c3sccc32)cc1. The van der Waals surface area contributed by atoms with E-state index >= 15 is 0 Å². The number of hydrogen-bond acceptors (Lipinski definition) is 4. The van der Waals surface area contributed by atoms with Gasteiger partial charge in [0.1, 0.15) is 11.8 Å². The Morgan fingerprint density at radius 2 is 1.58 bits per heavy atom. The molecule has 1 amide bonds. The normalized spacial score (nSPS) is 15.5. The number of aliphatic imine (C=N–C) groups is 1. The molecule has 1 atom stereocenters. The van der Waals surface area contributed by atoms with Crippen molar-refractivity contribution in [2.75, 3.05) is 12.0 Å². The monoisotopic (exact) mass is 452 g/mol. The molecule has 0 saturated carbocycles. The van der Waals surface area contributed by atoms with Crippen LogP contribution in [-0.2, 0) is 17.8 Å². The fourth-order valence-electron chi connectivity index (χ4n) is 4.11. The molecule has 3 aromatic carbocycles. The quantitative estimate of drug-likeness (QED) is 0.374. The Morgan fingerprint density at radius 1 is 0.879 bits per heavy atom. The van der Waals surface area contributed by atoms with Gasteiger partial charge in [-0.2, -0.15) is 0 Å². The third kappa shape index (κ3) is 4.45. The minimum absolute atomic E-state index is 0.0141. The molecule has 4 aromatic rings. The van der Waals surface area contributed by atoms with Crippen molar-refractivity contribution >= 4 is 28.6 Å². The molecule has 0 spiro atoms. The zero-order valence-corrected chi connectivity index (χ0v) is 19.2. The van der Waals surface area contributed by atoms with E-state index in [0.29, 0.717) is 13.0 Å². The first-order valence-electron chi connectivity index (χ1n) is 10.9. The lowest BCUT2D eigenvalue weighted by Crippen LogP contribution is -2.38. The van der Waals surface area contributed by atoms with Gasteiger partial charge in [-0.15, -0.1) is 11.3 Å². The molecule has 0 saturated heterocycles. The summed E-state index contributed by atoms with van der Waals surface area (Å²) < 4.78 is 5.29. The van der Waals surface area contributed by atoms with Gasteiger partial charge in [0.05, 0.1) is 29.9 Å². The lowest BCUT2D eigenvalue weighted by atomic mass is 10.0. The summed E-state index contributed by atoms with van der Waals surface area (Å²) in [4.78, 5) is 21.9. The molecule has 0 aliphatic carbocycles. The van der Waals surface area contributed by atoms with Gasteiger partial charge in [-0.3, -0.25) is 9.79 Å². The number of anilines is 1. The van der Waals surface area contributed by atoms with Crippen LogP contribution in [0.5, 0.6) is 5.75 Å². The summed E-state index contributed by atoms with van der Waals surface area (Å²) in [6, 6.07) is 29.7. The maximum Gasteiger partial charge on any atom is 0.252 e. The number of methoxy groups -OCH3 is 1. The average molecular weight is 453 g/mol. The van der Waals surface area contributed by atoms with Crippen LogP contribution in [0.25, 0.3) is 0 Å². The van der Waals surface area contributed by atoms with E-state index in [9.17, 15) is 4.79 Å². The minimum Gasteiger partial charge on any atom is -0.497 e. The number of rotatable bonds is 6. The third-order valence-corrected chi connectivity index (χ3v) is 6.72. The van der Waals surface area contributed by atoms with Crippen LogP contribution in [0.3, 0.4) is 0 Å². The number of amides is 1. The van der Waals surface area contributed by atoms with Crippen molar-refractivity contribution in [3.05, 3.63) is 118 Å². The van der Waals surface area contributed by atoms with E-state index in [4.69, 9.17) is 9.73 Å². The first kappa shape index (κ1) is 21.2. The van der Waals surface area contributed by atoms with Crippen molar-refractivity contribution in [1.29, 1.82) is 0 Å². The zero-order valence-electron chi connectivity index (χ0n) is 18.3. The number of thiophene rings is 1. The molecular formula is C28H24N2O2S. The maximum absolute atomic E-state index is 13.9. The summed E-state index contributed by atoms with van der Waals surface area (Å²) in [5.41, 5.74) is 4.97. The highest BCUT2D eigenvalue weighted by molar-refractivity contribution is 7.13. The Kier molecular flexibility index (Phi) is 6.05. The number of nitrogens with zero attached hydrogens (tertiary/aromatic N) is 2. The number of carbonyl (C=O) groups excluding carboxylic acids is 1. The standard InChI is InChI=1S/C28H24N2O2S/c1-32-23-14-12-21(13-15-23)19-30-25-16-17-33-27(25)26(22-10-6-3-7-11-22)29-24(28(30)31)18-20-8-4-2-5-9-20/h2-17,24H,18-19H2,1H3/t24-/m0/s1. The molecule has 5 heteroatoms. The Labute approximate surface area is 197 Å². The highest BCUT2D eigenvalue weighted by Gasteiger charge is 2.33. The molecule has 164 valence electrons. The van der Waals surface area contributed by atoms with E-state index in [2.05, 4.69) is 24.3 Å². The molecule has 0 N–H and O–H groups in total. The molecule has 0 fully saturated rings. The summed E-state index contributed by atoms with van der Waals surface area (Å²) in [6.07, 6.45) is 0.560. The first-order chi connectivity index (χ1) is 16.2. The first-order valence-corrected chi connectivity index (χ1v) is 11.8. The van der Waals surface area contributed by atoms with Gasteiger partial charge >= 0.3 is 0 Å². The topological polar surface area (TPSA) is 41.9 Å². The van der Waals surface area contributed by atoms with Crippen LogP contribution in [0, 0.1) is 0 Å². The summed E-state index contributed by atoms with van der Waals surface area (Å²) in [5.74, 6) is 0.814. The van der Waals surface area contributed by atoms with Gasteiger partial charge in [0.15, 0.2) is 0 Å². The van der Waals surface area contributed by atoms with Crippen LogP contribution in [0.2, 0.25) is 0 Å². The highest BCUT2D eigenvalue weighted by atomic mass is 32.1. The fraction of sp³-hybridized carbons (Fsp3) is 0.143.